The van der Waals surface area contributed by atoms with Crippen LogP contribution in [0.15, 0.2) is 53.7 Å². The number of hydrogen-bond acceptors (Lipinski definition) is 5. The number of non-ortho nitro benzene ring substituents is 1. The molecule has 1 aliphatic carbocycles. The molecule has 1 aliphatic heterocycles. The van der Waals surface area contributed by atoms with E-state index in [1.54, 1.807) is 13.2 Å². The highest BCUT2D eigenvalue weighted by Gasteiger charge is 2.40. The molecule has 4 rings (SSSR count). The van der Waals surface area contributed by atoms with Crippen LogP contribution in [-0.2, 0) is 9.59 Å². The number of nitro benzene ring substituents is 1. The number of ketones is 1. The van der Waals surface area contributed by atoms with Crippen LogP contribution in [-0.4, -0.2) is 23.7 Å². The topological polar surface area (TPSA) is 89.8 Å². The van der Waals surface area contributed by atoms with Crippen LogP contribution < -0.4 is 9.64 Å². The Hall–Kier alpha value is -3.19. The Balaban J connectivity index is 1.88. The summed E-state index contributed by atoms with van der Waals surface area (Å²) in [6.07, 6.45) is 1.60. The van der Waals surface area contributed by atoms with Crippen molar-refractivity contribution in [3.05, 3.63) is 74.4 Å². The Morgan fingerprint density at radius 3 is 2.70 bits per heavy atom. The number of hydrogen-bond donors (Lipinski definition) is 0. The quantitative estimate of drug-likeness (QED) is 0.518. The first-order valence-electron chi connectivity index (χ1n) is 9.57. The molecule has 0 fully saturated rings. The molecule has 154 valence electrons. The highest BCUT2D eigenvalue weighted by atomic mass is 35.5. The molecule has 2 aliphatic rings. The largest absolute Gasteiger partial charge is 0.497 e. The average molecular weight is 427 g/mol. The van der Waals surface area contributed by atoms with E-state index in [1.165, 1.54) is 23.1 Å². The van der Waals surface area contributed by atoms with E-state index >= 15 is 0 Å². The number of anilines is 1. The van der Waals surface area contributed by atoms with Crippen LogP contribution in [0.5, 0.6) is 5.75 Å². The first kappa shape index (κ1) is 20.1. The fourth-order valence-corrected chi connectivity index (χ4v) is 4.40. The van der Waals surface area contributed by atoms with E-state index in [9.17, 15) is 19.7 Å². The van der Waals surface area contributed by atoms with E-state index in [1.807, 2.05) is 18.2 Å². The molecule has 0 saturated carbocycles. The number of nitrogens with zero attached hydrogens (tertiary/aromatic N) is 2. The van der Waals surface area contributed by atoms with Gasteiger partial charge in [0, 0.05) is 42.2 Å². The van der Waals surface area contributed by atoms with Crippen LogP contribution in [0.4, 0.5) is 11.4 Å². The molecule has 1 unspecified atom stereocenters. The van der Waals surface area contributed by atoms with Crippen LogP contribution in [0.1, 0.15) is 37.2 Å². The van der Waals surface area contributed by atoms with Gasteiger partial charge in [-0.15, -0.1) is 0 Å². The zero-order valence-corrected chi connectivity index (χ0v) is 17.0. The smallest absolute Gasteiger partial charge is 0.271 e. The van der Waals surface area contributed by atoms with Gasteiger partial charge in [0.25, 0.3) is 5.69 Å². The van der Waals surface area contributed by atoms with Crippen LogP contribution in [0.3, 0.4) is 0 Å². The SMILES string of the molecule is COc1cccc(C2CC(=O)N(c3cc([N+](=O)[O-])ccc3Cl)C3=C2C(=O)CCC3)c1. The molecule has 1 atom stereocenters. The number of allylic oxidation sites excluding steroid dienone is 2. The lowest BCUT2D eigenvalue weighted by atomic mass is 9.77. The van der Waals surface area contributed by atoms with E-state index in [0.29, 0.717) is 36.3 Å². The van der Waals surface area contributed by atoms with Crippen LogP contribution in [0.25, 0.3) is 0 Å². The van der Waals surface area contributed by atoms with Crippen molar-refractivity contribution in [3.8, 4) is 5.75 Å². The number of amides is 1. The molecule has 0 aromatic heterocycles. The van der Waals surface area contributed by atoms with Gasteiger partial charge >= 0.3 is 0 Å². The molecule has 0 saturated heterocycles. The van der Waals surface area contributed by atoms with Crippen LogP contribution >= 0.6 is 11.6 Å². The molecular weight excluding hydrogens is 408 g/mol. The molecule has 0 N–H and O–H groups in total. The Kier molecular flexibility index (Phi) is 5.30. The second kappa shape index (κ2) is 7.91. The summed E-state index contributed by atoms with van der Waals surface area (Å²) in [5, 5.41) is 11.5. The summed E-state index contributed by atoms with van der Waals surface area (Å²) >= 11 is 6.32. The van der Waals surface area contributed by atoms with Crippen molar-refractivity contribution < 1.29 is 19.2 Å². The van der Waals surface area contributed by atoms with Crippen LogP contribution in [0, 0.1) is 10.1 Å². The Morgan fingerprint density at radius 2 is 1.97 bits per heavy atom. The summed E-state index contributed by atoms with van der Waals surface area (Å²) in [7, 11) is 1.56. The first-order valence-corrected chi connectivity index (χ1v) is 9.95. The number of rotatable bonds is 4. The third-order valence-electron chi connectivity index (χ3n) is 5.55. The van der Waals surface area contributed by atoms with Gasteiger partial charge in [0.2, 0.25) is 5.91 Å². The molecule has 2 aromatic carbocycles. The third-order valence-corrected chi connectivity index (χ3v) is 5.87. The minimum atomic E-state index is -0.533. The number of ether oxygens (including phenoxy) is 1. The van der Waals surface area contributed by atoms with Gasteiger partial charge in [-0.05, 0) is 36.6 Å². The molecule has 2 aromatic rings. The van der Waals surface area contributed by atoms with E-state index in [0.717, 1.165) is 5.56 Å². The maximum Gasteiger partial charge on any atom is 0.271 e. The number of methoxy groups -OCH3 is 1. The number of benzene rings is 2. The number of carbonyl (C=O) groups excluding carboxylic acids is 2. The number of nitro groups is 1. The lowest BCUT2D eigenvalue weighted by molar-refractivity contribution is -0.384. The summed E-state index contributed by atoms with van der Waals surface area (Å²) in [5.41, 5.74) is 2.06. The predicted octanol–water partition coefficient (Wildman–Crippen LogP) is 4.78. The summed E-state index contributed by atoms with van der Waals surface area (Å²) in [6, 6.07) is 11.3. The molecule has 30 heavy (non-hydrogen) atoms. The van der Waals surface area contributed by atoms with Gasteiger partial charge < -0.3 is 4.74 Å². The van der Waals surface area contributed by atoms with E-state index < -0.39 is 4.92 Å². The highest BCUT2D eigenvalue weighted by molar-refractivity contribution is 6.34. The van der Waals surface area contributed by atoms with Gasteiger partial charge in [0.05, 0.1) is 22.7 Å². The zero-order chi connectivity index (χ0) is 21.4. The molecule has 0 bridgehead atoms. The molecular formula is C22H19ClN2O5. The van der Waals surface area contributed by atoms with E-state index in [4.69, 9.17) is 16.3 Å². The second-order valence-electron chi connectivity index (χ2n) is 7.29. The highest BCUT2D eigenvalue weighted by Crippen LogP contribution is 2.45. The average Bonchev–Trinajstić information content (AvgIpc) is 2.74. The van der Waals surface area contributed by atoms with Crippen molar-refractivity contribution in [2.75, 3.05) is 12.0 Å². The van der Waals surface area contributed by atoms with Gasteiger partial charge in [0.15, 0.2) is 5.78 Å². The van der Waals surface area contributed by atoms with Gasteiger partial charge in [-0.1, -0.05) is 23.7 Å². The summed E-state index contributed by atoms with van der Waals surface area (Å²) in [6.45, 7) is 0. The van der Waals surface area contributed by atoms with Crippen molar-refractivity contribution in [2.24, 2.45) is 0 Å². The molecule has 1 amide bonds. The number of carbonyl (C=O) groups is 2. The Labute approximate surface area is 178 Å². The number of halogens is 1. The monoisotopic (exact) mass is 426 g/mol. The fourth-order valence-electron chi connectivity index (χ4n) is 4.20. The lowest BCUT2D eigenvalue weighted by Crippen LogP contribution is -2.40. The van der Waals surface area contributed by atoms with E-state index in [2.05, 4.69) is 0 Å². The lowest BCUT2D eigenvalue weighted by Gasteiger charge is -2.38. The minimum Gasteiger partial charge on any atom is -0.497 e. The van der Waals surface area contributed by atoms with Crippen LogP contribution in [0.2, 0.25) is 5.02 Å². The van der Waals surface area contributed by atoms with Gasteiger partial charge in [0.1, 0.15) is 5.75 Å². The predicted molar refractivity (Wildman–Crippen MR) is 112 cm³/mol. The van der Waals surface area contributed by atoms with Crippen molar-refractivity contribution in [2.45, 2.75) is 31.6 Å². The molecule has 1 heterocycles. The normalized spacial score (nSPS) is 19.0. The standard InChI is InChI=1S/C22H19ClN2O5/c1-30-15-5-2-4-13(10-15)16-12-21(27)24(18-6-3-7-20(26)22(16)18)19-11-14(25(28)29)8-9-17(19)23/h2,4-5,8-11,16H,3,6-7,12H2,1H3. The number of Topliss-reactive ketones (excluding diaryl/α,β-unsaturated/α-hetero) is 1. The van der Waals surface area contributed by atoms with E-state index in [-0.39, 0.29) is 40.4 Å². The van der Waals surface area contributed by atoms with Crippen molar-refractivity contribution in [1.82, 2.24) is 0 Å². The third kappa shape index (κ3) is 3.45. The molecule has 8 heteroatoms. The summed E-state index contributed by atoms with van der Waals surface area (Å²) in [5.74, 6) is 0.000398. The van der Waals surface area contributed by atoms with Crippen molar-refractivity contribution >= 4 is 34.7 Å². The van der Waals surface area contributed by atoms with Crippen molar-refractivity contribution in [3.63, 3.8) is 0 Å². The summed E-state index contributed by atoms with van der Waals surface area (Å²) in [4.78, 5) is 38.3. The maximum atomic E-state index is 13.2. The second-order valence-corrected chi connectivity index (χ2v) is 7.70. The fraction of sp³-hybridized carbons (Fsp3) is 0.273. The molecule has 7 nitrogen and oxygen atoms in total. The van der Waals surface area contributed by atoms with Gasteiger partial charge in [-0.3, -0.25) is 24.6 Å². The summed E-state index contributed by atoms with van der Waals surface area (Å²) < 4.78 is 5.30. The maximum absolute atomic E-state index is 13.2. The minimum absolute atomic E-state index is 0.0110. The van der Waals surface area contributed by atoms with Gasteiger partial charge in [-0.2, -0.15) is 0 Å². The first-order chi connectivity index (χ1) is 14.4. The molecule has 0 radical (unpaired) electrons. The molecule has 0 spiro atoms. The van der Waals surface area contributed by atoms with Gasteiger partial charge in [-0.25, -0.2) is 0 Å². The Morgan fingerprint density at radius 1 is 1.17 bits per heavy atom. The zero-order valence-electron chi connectivity index (χ0n) is 16.3. The Bertz CT molecular complexity index is 1090. The van der Waals surface area contributed by atoms with Crippen molar-refractivity contribution in [1.29, 1.82) is 0 Å².